The molecule has 21 heavy (non-hydrogen) atoms. The Hall–Kier alpha value is -0.700. The van der Waals surface area contributed by atoms with Crippen molar-refractivity contribution in [1.82, 2.24) is 10.7 Å². The normalized spacial score (nSPS) is 18.1. The molecule has 0 amide bonds. The van der Waals surface area contributed by atoms with Crippen LogP contribution in [0, 0.1) is 0 Å². The summed E-state index contributed by atoms with van der Waals surface area (Å²) in [5, 5.41) is 17.2. The molecular weight excluding hydrogens is 422 g/mol. The Kier molecular flexibility index (Phi) is 6.40. The van der Waals surface area contributed by atoms with Crippen LogP contribution in [-0.4, -0.2) is 35.7 Å². The maximum absolute atomic E-state index is 9.62. The minimum Gasteiger partial charge on any atom is -0.506 e. The van der Waals surface area contributed by atoms with E-state index in [0.717, 1.165) is 25.0 Å². The monoisotopic (exact) mass is 435 g/mol. The van der Waals surface area contributed by atoms with E-state index in [-0.39, 0.29) is 11.9 Å². The Morgan fingerprint density at radius 2 is 2.19 bits per heavy atom. The number of nitrogens with zero attached hydrogens (tertiary/aromatic N) is 1. The van der Waals surface area contributed by atoms with Crippen molar-refractivity contribution < 1.29 is 9.84 Å². The minimum atomic E-state index is 0.161. The lowest BCUT2D eigenvalue weighted by Gasteiger charge is -2.11. The lowest BCUT2D eigenvalue weighted by atomic mass is 10.2. The molecule has 0 aromatic heterocycles. The average molecular weight is 437 g/mol. The highest BCUT2D eigenvalue weighted by Crippen LogP contribution is 2.32. The van der Waals surface area contributed by atoms with E-state index in [1.165, 1.54) is 0 Å². The second-order valence-corrected chi connectivity index (χ2v) is 6.67. The Labute approximate surface area is 145 Å². The van der Waals surface area contributed by atoms with Crippen LogP contribution in [0.4, 0.5) is 0 Å². The van der Waals surface area contributed by atoms with Crippen LogP contribution >= 0.6 is 44.1 Å². The van der Waals surface area contributed by atoms with Crippen LogP contribution in [0.5, 0.6) is 5.75 Å². The average Bonchev–Trinajstić information content (AvgIpc) is 2.96. The first-order valence-electron chi connectivity index (χ1n) is 6.43. The largest absolute Gasteiger partial charge is 0.506 e. The molecule has 1 aliphatic heterocycles. The zero-order chi connectivity index (χ0) is 15.2. The summed E-state index contributed by atoms with van der Waals surface area (Å²) < 4.78 is 6.68. The van der Waals surface area contributed by atoms with Gasteiger partial charge in [0, 0.05) is 13.2 Å². The quantitative estimate of drug-likeness (QED) is 0.384. The lowest BCUT2D eigenvalue weighted by Crippen LogP contribution is -2.37. The van der Waals surface area contributed by atoms with Gasteiger partial charge in [-0.1, -0.05) is 0 Å². The standard InChI is InChI=1S/C13H15Br2N3O2S/c14-10-4-8(5-11(15)12(10)19)6-17-18-13(21)16-7-9-2-1-3-20-9/h4-6,9,19H,1-3,7H2,(H2,16,18,21)/b17-6-/t9-/m1/s1. The first-order valence-corrected chi connectivity index (χ1v) is 8.42. The van der Waals surface area contributed by atoms with Crippen LogP contribution in [0.25, 0.3) is 0 Å². The minimum absolute atomic E-state index is 0.161. The summed E-state index contributed by atoms with van der Waals surface area (Å²) in [5.41, 5.74) is 3.57. The number of aromatic hydroxyl groups is 1. The van der Waals surface area contributed by atoms with Gasteiger partial charge in [-0.3, -0.25) is 5.43 Å². The molecule has 1 saturated heterocycles. The Morgan fingerprint density at radius 1 is 1.48 bits per heavy atom. The molecule has 1 heterocycles. The number of halogens is 2. The van der Waals surface area contributed by atoms with Crippen molar-refractivity contribution in [1.29, 1.82) is 0 Å². The number of hydrazone groups is 1. The van der Waals surface area contributed by atoms with Gasteiger partial charge in [0.2, 0.25) is 0 Å². The van der Waals surface area contributed by atoms with E-state index in [4.69, 9.17) is 17.0 Å². The number of phenolic OH excluding ortho intramolecular Hbond substituents is 1. The highest BCUT2D eigenvalue weighted by Gasteiger charge is 2.14. The van der Waals surface area contributed by atoms with Crippen LogP contribution in [0.2, 0.25) is 0 Å². The molecule has 1 fully saturated rings. The topological polar surface area (TPSA) is 65.9 Å². The van der Waals surface area contributed by atoms with Crippen LogP contribution in [0.1, 0.15) is 18.4 Å². The van der Waals surface area contributed by atoms with Gasteiger partial charge in [-0.15, -0.1) is 0 Å². The molecule has 0 spiro atoms. The Morgan fingerprint density at radius 3 is 2.81 bits per heavy atom. The number of rotatable bonds is 4. The van der Waals surface area contributed by atoms with E-state index >= 15 is 0 Å². The number of benzene rings is 1. The molecule has 3 N–H and O–H groups in total. The van der Waals surface area contributed by atoms with Crippen molar-refractivity contribution in [2.45, 2.75) is 18.9 Å². The summed E-state index contributed by atoms with van der Waals surface area (Å²) in [5.74, 6) is 0.161. The fraction of sp³-hybridized carbons (Fsp3) is 0.385. The lowest BCUT2D eigenvalue weighted by molar-refractivity contribution is 0.114. The molecule has 2 rings (SSSR count). The molecular formula is C13H15Br2N3O2S. The highest BCUT2D eigenvalue weighted by atomic mass is 79.9. The van der Waals surface area contributed by atoms with Crippen LogP contribution in [0.3, 0.4) is 0 Å². The summed E-state index contributed by atoms with van der Waals surface area (Å²) in [6, 6.07) is 3.52. The summed E-state index contributed by atoms with van der Waals surface area (Å²) >= 11 is 11.7. The van der Waals surface area contributed by atoms with Crippen molar-refractivity contribution in [2.75, 3.05) is 13.2 Å². The van der Waals surface area contributed by atoms with Gasteiger partial charge in [-0.05, 0) is 74.6 Å². The number of nitrogens with one attached hydrogen (secondary N) is 2. The highest BCUT2D eigenvalue weighted by molar-refractivity contribution is 9.11. The maximum Gasteiger partial charge on any atom is 0.187 e. The van der Waals surface area contributed by atoms with E-state index in [0.29, 0.717) is 20.6 Å². The fourth-order valence-electron chi connectivity index (χ4n) is 1.88. The number of ether oxygens (including phenoxy) is 1. The van der Waals surface area contributed by atoms with E-state index in [1.807, 2.05) is 0 Å². The summed E-state index contributed by atoms with van der Waals surface area (Å²) in [4.78, 5) is 0. The van der Waals surface area contributed by atoms with Crippen molar-refractivity contribution >= 4 is 55.4 Å². The molecule has 1 atom stereocenters. The number of hydrogen-bond acceptors (Lipinski definition) is 4. The third kappa shape index (κ3) is 5.21. The van der Waals surface area contributed by atoms with Crippen molar-refractivity contribution in [3.8, 4) is 5.75 Å². The van der Waals surface area contributed by atoms with E-state index in [9.17, 15) is 5.11 Å². The first-order chi connectivity index (χ1) is 10.1. The second kappa shape index (κ2) is 8.07. The molecule has 0 unspecified atom stereocenters. The van der Waals surface area contributed by atoms with Gasteiger partial charge < -0.3 is 15.2 Å². The Bertz CT molecular complexity index is 525. The summed E-state index contributed by atoms with van der Waals surface area (Å²) in [7, 11) is 0. The van der Waals surface area contributed by atoms with Crippen molar-refractivity contribution in [3.63, 3.8) is 0 Å². The van der Waals surface area contributed by atoms with Crippen LogP contribution in [0.15, 0.2) is 26.2 Å². The summed E-state index contributed by atoms with van der Waals surface area (Å²) in [6.45, 7) is 1.52. The van der Waals surface area contributed by atoms with Crippen LogP contribution < -0.4 is 10.7 Å². The third-order valence-electron chi connectivity index (χ3n) is 2.93. The molecule has 1 aromatic carbocycles. The van der Waals surface area contributed by atoms with Gasteiger partial charge in [-0.2, -0.15) is 5.10 Å². The van der Waals surface area contributed by atoms with E-state index in [1.54, 1.807) is 18.3 Å². The zero-order valence-corrected chi connectivity index (χ0v) is 15.1. The van der Waals surface area contributed by atoms with Gasteiger partial charge in [0.1, 0.15) is 5.75 Å². The van der Waals surface area contributed by atoms with Gasteiger partial charge >= 0.3 is 0 Å². The molecule has 5 nitrogen and oxygen atoms in total. The SMILES string of the molecule is Oc1c(Br)cc(/C=N\NC(=S)NC[C@H]2CCCO2)cc1Br. The van der Waals surface area contributed by atoms with Crippen LogP contribution in [-0.2, 0) is 4.74 Å². The van der Waals surface area contributed by atoms with E-state index in [2.05, 4.69) is 47.7 Å². The van der Waals surface area contributed by atoms with Gasteiger partial charge in [0.15, 0.2) is 5.11 Å². The second-order valence-electron chi connectivity index (χ2n) is 4.55. The fourth-order valence-corrected chi connectivity index (χ4v) is 3.23. The maximum atomic E-state index is 9.62. The first kappa shape index (κ1) is 16.7. The molecule has 1 aliphatic rings. The van der Waals surface area contributed by atoms with Crippen molar-refractivity contribution in [2.24, 2.45) is 5.10 Å². The predicted molar refractivity (Wildman–Crippen MR) is 93.8 cm³/mol. The molecule has 8 heteroatoms. The number of thiocarbonyl (C=S) groups is 1. The smallest absolute Gasteiger partial charge is 0.187 e. The zero-order valence-electron chi connectivity index (χ0n) is 11.1. The molecule has 0 saturated carbocycles. The van der Waals surface area contributed by atoms with Gasteiger partial charge in [0.25, 0.3) is 0 Å². The number of hydrogen-bond donors (Lipinski definition) is 3. The molecule has 0 bridgehead atoms. The summed E-state index contributed by atoms with van der Waals surface area (Å²) in [6.07, 6.45) is 4.02. The van der Waals surface area contributed by atoms with Crippen molar-refractivity contribution in [3.05, 3.63) is 26.6 Å². The predicted octanol–water partition coefficient (Wildman–Crippen LogP) is 2.89. The van der Waals surface area contributed by atoms with Gasteiger partial charge in [0.05, 0.1) is 21.3 Å². The van der Waals surface area contributed by atoms with Gasteiger partial charge in [-0.25, -0.2) is 0 Å². The number of phenols is 1. The molecule has 0 radical (unpaired) electrons. The third-order valence-corrected chi connectivity index (χ3v) is 4.38. The Balaban J connectivity index is 1.80. The molecule has 114 valence electrons. The molecule has 0 aliphatic carbocycles. The van der Waals surface area contributed by atoms with E-state index < -0.39 is 0 Å². The molecule has 1 aromatic rings.